The molecule has 1 fully saturated rings. The summed E-state index contributed by atoms with van der Waals surface area (Å²) < 4.78 is 29.4. The molecule has 0 aliphatic carbocycles. The van der Waals surface area contributed by atoms with Crippen LogP contribution >= 0.6 is 0 Å². The minimum Gasteiger partial charge on any atom is -0.351 e. The zero-order valence-corrected chi connectivity index (χ0v) is 22.6. The summed E-state index contributed by atoms with van der Waals surface area (Å²) in [5.41, 5.74) is 1.37. The van der Waals surface area contributed by atoms with Crippen LogP contribution in [0.2, 0.25) is 0 Å². The first-order valence-electron chi connectivity index (χ1n) is 13.0. The monoisotopic (exact) mass is 524 g/mol. The summed E-state index contributed by atoms with van der Waals surface area (Å²) in [6, 6.07) is 15.1. The fourth-order valence-corrected chi connectivity index (χ4v) is 6.33. The van der Waals surface area contributed by atoms with Gasteiger partial charge >= 0.3 is 0 Å². The molecule has 0 bridgehead atoms. The first-order valence-corrected chi connectivity index (χ1v) is 14.4. The minimum absolute atomic E-state index is 0.0178. The van der Waals surface area contributed by atoms with Crippen LogP contribution in [0.15, 0.2) is 64.4 Å². The van der Waals surface area contributed by atoms with Gasteiger partial charge in [-0.2, -0.15) is 4.31 Å². The first kappa shape index (κ1) is 27.0. The average molecular weight is 525 g/mol. The molecule has 4 rings (SSSR count). The molecule has 0 spiro atoms. The van der Waals surface area contributed by atoms with Crippen LogP contribution in [0.3, 0.4) is 0 Å². The average Bonchev–Trinajstić information content (AvgIpc) is 3.45. The number of aromatic nitrogens is 1. The standard InChI is InChI=1S/C28H36N4O4S/c1-4-30-20-25(28(34)29-14-17-31(21(2)3)19-22-10-6-5-7-11-22)27(33)24-18-23(12-13-26(24)30)37(35,36)32-15-8-9-16-32/h5-7,10-13,18,20-21H,4,8-9,14-17,19H2,1-3H3,(H,29,34). The second kappa shape index (κ2) is 11.6. The first-order chi connectivity index (χ1) is 17.7. The molecule has 2 aromatic carbocycles. The molecule has 0 radical (unpaired) electrons. The van der Waals surface area contributed by atoms with Crippen molar-refractivity contribution in [1.82, 2.24) is 19.1 Å². The van der Waals surface area contributed by atoms with E-state index >= 15 is 0 Å². The Morgan fingerprint density at radius 1 is 1.08 bits per heavy atom. The molecule has 3 aromatic rings. The van der Waals surface area contributed by atoms with E-state index in [2.05, 4.69) is 36.2 Å². The number of nitrogens with one attached hydrogen (secondary N) is 1. The lowest BCUT2D eigenvalue weighted by molar-refractivity contribution is 0.0942. The molecular formula is C28H36N4O4S. The van der Waals surface area contributed by atoms with E-state index in [-0.39, 0.29) is 21.9 Å². The molecule has 1 saturated heterocycles. The van der Waals surface area contributed by atoms with Crippen LogP contribution in [-0.2, 0) is 23.1 Å². The molecule has 1 amide bonds. The maximum absolute atomic E-state index is 13.4. The second-order valence-corrected chi connectivity index (χ2v) is 11.7. The van der Waals surface area contributed by atoms with Crippen LogP contribution in [-0.4, -0.2) is 60.3 Å². The summed E-state index contributed by atoms with van der Waals surface area (Å²) in [5.74, 6) is -0.453. The topological polar surface area (TPSA) is 91.7 Å². The highest BCUT2D eigenvalue weighted by Gasteiger charge is 2.28. The molecule has 9 heteroatoms. The third kappa shape index (κ3) is 5.95. The Bertz CT molecular complexity index is 1410. The number of pyridine rings is 1. The van der Waals surface area contributed by atoms with Gasteiger partial charge in [0.2, 0.25) is 15.5 Å². The Morgan fingerprint density at radius 2 is 1.78 bits per heavy atom. The Morgan fingerprint density at radius 3 is 2.43 bits per heavy atom. The largest absolute Gasteiger partial charge is 0.351 e. The maximum atomic E-state index is 13.4. The van der Waals surface area contributed by atoms with Gasteiger partial charge in [0.1, 0.15) is 5.56 Å². The molecule has 0 atom stereocenters. The van der Waals surface area contributed by atoms with Crippen molar-refractivity contribution in [2.45, 2.75) is 57.6 Å². The van der Waals surface area contributed by atoms with Crippen molar-refractivity contribution in [3.8, 4) is 0 Å². The van der Waals surface area contributed by atoms with E-state index in [1.165, 1.54) is 15.9 Å². The number of amides is 1. The molecule has 1 aliphatic heterocycles. The molecule has 37 heavy (non-hydrogen) atoms. The molecule has 1 aromatic heterocycles. The fourth-order valence-electron chi connectivity index (χ4n) is 4.78. The van der Waals surface area contributed by atoms with Gasteiger partial charge in [0.15, 0.2) is 0 Å². The van der Waals surface area contributed by atoms with Crippen LogP contribution < -0.4 is 10.7 Å². The highest BCUT2D eigenvalue weighted by molar-refractivity contribution is 7.89. The summed E-state index contributed by atoms with van der Waals surface area (Å²) in [6.45, 7) is 9.44. The number of carbonyl (C=O) groups is 1. The SMILES string of the molecule is CCn1cc(C(=O)NCCN(Cc2ccccc2)C(C)C)c(=O)c2cc(S(=O)(=O)N3CCCC3)ccc21. The van der Waals surface area contributed by atoms with Gasteiger partial charge in [-0.3, -0.25) is 14.5 Å². The van der Waals surface area contributed by atoms with E-state index in [0.29, 0.717) is 38.2 Å². The predicted molar refractivity (Wildman–Crippen MR) is 146 cm³/mol. The highest BCUT2D eigenvalue weighted by atomic mass is 32.2. The molecule has 0 saturated carbocycles. The van der Waals surface area contributed by atoms with Crippen molar-refractivity contribution in [3.05, 3.63) is 76.1 Å². The number of benzene rings is 2. The quantitative estimate of drug-likeness (QED) is 0.439. The van der Waals surface area contributed by atoms with Gasteiger partial charge in [-0.1, -0.05) is 30.3 Å². The number of rotatable bonds is 10. The van der Waals surface area contributed by atoms with E-state index in [9.17, 15) is 18.0 Å². The van der Waals surface area contributed by atoms with Crippen molar-refractivity contribution >= 4 is 26.8 Å². The lowest BCUT2D eigenvalue weighted by Crippen LogP contribution is -2.39. The lowest BCUT2D eigenvalue weighted by atomic mass is 10.1. The summed E-state index contributed by atoms with van der Waals surface area (Å²) in [7, 11) is -3.68. The Balaban J connectivity index is 1.56. The zero-order valence-electron chi connectivity index (χ0n) is 21.8. The number of sulfonamides is 1. The number of fused-ring (bicyclic) bond motifs is 1. The van der Waals surface area contributed by atoms with Gasteiger partial charge in [0.25, 0.3) is 5.91 Å². The third-order valence-corrected chi connectivity index (χ3v) is 8.88. The van der Waals surface area contributed by atoms with Crippen LogP contribution in [0.4, 0.5) is 0 Å². The maximum Gasteiger partial charge on any atom is 0.256 e. The summed E-state index contributed by atoms with van der Waals surface area (Å²) in [5, 5.41) is 3.13. The van der Waals surface area contributed by atoms with Gasteiger partial charge in [0, 0.05) is 56.9 Å². The van der Waals surface area contributed by atoms with Gasteiger partial charge < -0.3 is 9.88 Å². The molecule has 0 unspecified atom stereocenters. The van der Waals surface area contributed by atoms with Gasteiger partial charge in [0.05, 0.1) is 10.4 Å². The van der Waals surface area contributed by atoms with Gasteiger partial charge in [-0.05, 0) is 57.4 Å². The fraction of sp³-hybridized carbons (Fsp3) is 0.429. The van der Waals surface area contributed by atoms with Crippen LogP contribution in [0.1, 0.15) is 49.5 Å². The molecular weight excluding hydrogens is 488 g/mol. The van der Waals surface area contributed by atoms with E-state index in [0.717, 1.165) is 19.4 Å². The van der Waals surface area contributed by atoms with E-state index < -0.39 is 21.4 Å². The minimum atomic E-state index is -3.68. The van der Waals surface area contributed by atoms with Gasteiger partial charge in [-0.15, -0.1) is 0 Å². The van der Waals surface area contributed by atoms with Crippen molar-refractivity contribution in [1.29, 1.82) is 0 Å². The van der Waals surface area contributed by atoms with Crippen molar-refractivity contribution in [2.75, 3.05) is 26.2 Å². The summed E-state index contributed by atoms with van der Waals surface area (Å²) in [4.78, 5) is 28.9. The van der Waals surface area contributed by atoms with Crippen LogP contribution in [0.5, 0.6) is 0 Å². The Kier molecular flexibility index (Phi) is 8.46. The highest BCUT2D eigenvalue weighted by Crippen LogP contribution is 2.24. The summed E-state index contributed by atoms with van der Waals surface area (Å²) in [6.07, 6.45) is 3.23. The summed E-state index contributed by atoms with van der Waals surface area (Å²) >= 11 is 0. The number of hydrogen-bond donors (Lipinski definition) is 1. The molecule has 2 heterocycles. The predicted octanol–water partition coefficient (Wildman–Crippen LogP) is 3.45. The Hall–Kier alpha value is -3.01. The molecule has 8 nitrogen and oxygen atoms in total. The number of aryl methyl sites for hydroxylation is 1. The number of hydrogen-bond acceptors (Lipinski definition) is 5. The smallest absolute Gasteiger partial charge is 0.256 e. The van der Waals surface area contributed by atoms with Crippen molar-refractivity contribution in [3.63, 3.8) is 0 Å². The Labute approximate surface area is 218 Å². The normalized spacial score (nSPS) is 14.6. The second-order valence-electron chi connectivity index (χ2n) is 9.75. The van der Waals surface area contributed by atoms with E-state index in [4.69, 9.17) is 0 Å². The van der Waals surface area contributed by atoms with Crippen LogP contribution in [0.25, 0.3) is 10.9 Å². The van der Waals surface area contributed by atoms with Crippen molar-refractivity contribution in [2.24, 2.45) is 0 Å². The molecule has 198 valence electrons. The lowest BCUT2D eigenvalue weighted by Gasteiger charge is -2.26. The van der Waals surface area contributed by atoms with Gasteiger partial charge in [-0.25, -0.2) is 8.42 Å². The molecule has 1 aliphatic rings. The number of carbonyl (C=O) groups excluding carboxylic acids is 1. The van der Waals surface area contributed by atoms with Crippen molar-refractivity contribution < 1.29 is 13.2 Å². The van der Waals surface area contributed by atoms with E-state index in [1.807, 2.05) is 29.7 Å². The third-order valence-electron chi connectivity index (χ3n) is 6.98. The number of nitrogens with zero attached hydrogens (tertiary/aromatic N) is 3. The van der Waals surface area contributed by atoms with E-state index in [1.54, 1.807) is 18.3 Å². The van der Waals surface area contributed by atoms with Crippen LogP contribution in [0, 0.1) is 0 Å². The zero-order chi connectivity index (χ0) is 26.6. The molecule has 1 N–H and O–H groups in total.